The number of benzene rings is 1. The van der Waals surface area contributed by atoms with Crippen LogP contribution in [-0.2, 0) is 14.4 Å². The molecule has 0 amide bonds. The molecule has 5 nitrogen and oxygen atoms in total. The molecule has 4 rings (SSSR count). The Hall–Kier alpha value is -2.51. The molecule has 0 atom stereocenters. The SMILES string of the molecule is O=S(=O)(O/N=C(\C1=CCCC=C1)c1nc2c(s1)=CCCC=2)c1ccccc1. The van der Waals surface area contributed by atoms with Crippen molar-refractivity contribution in [1.29, 1.82) is 0 Å². The average Bonchev–Trinajstić information content (AvgIpc) is 3.13. The summed E-state index contributed by atoms with van der Waals surface area (Å²) in [4.78, 5) is 4.72. The van der Waals surface area contributed by atoms with Gasteiger partial charge in [-0.3, -0.25) is 4.28 Å². The van der Waals surface area contributed by atoms with Crippen molar-refractivity contribution in [2.45, 2.75) is 30.6 Å². The van der Waals surface area contributed by atoms with Gasteiger partial charge in [-0.05, 0) is 37.8 Å². The van der Waals surface area contributed by atoms with Crippen LogP contribution in [-0.4, -0.2) is 19.1 Å². The Morgan fingerprint density at radius 1 is 1.04 bits per heavy atom. The van der Waals surface area contributed by atoms with Gasteiger partial charge >= 0.3 is 10.1 Å². The summed E-state index contributed by atoms with van der Waals surface area (Å²) in [6, 6.07) is 8.01. The monoisotopic (exact) mass is 398 g/mol. The predicted octanol–water partition coefficient (Wildman–Crippen LogP) is 2.88. The van der Waals surface area contributed by atoms with Crippen molar-refractivity contribution in [2.24, 2.45) is 5.16 Å². The Kier molecular flexibility index (Phi) is 5.05. The van der Waals surface area contributed by atoms with Crippen LogP contribution in [0.2, 0.25) is 0 Å². The van der Waals surface area contributed by atoms with Crippen LogP contribution in [0.5, 0.6) is 0 Å². The average molecular weight is 399 g/mol. The van der Waals surface area contributed by atoms with Crippen molar-refractivity contribution in [3.63, 3.8) is 0 Å². The Labute approximate surface area is 161 Å². The van der Waals surface area contributed by atoms with Crippen LogP contribution in [0.4, 0.5) is 0 Å². The minimum atomic E-state index is -3.98. The Morgan fingerprint density at radius 2 is 1.81 bits per heavy atom. The zero-order chi connectivity index (χ0) is 18.7. The molecule has 2 aliphatic carbocycles. The molecule has 27 heavy (non-hydrogen) atoms. The van der Waals surface area contributed by atoms with Gasteiger partial charge in [-0.15, -0.1) is 11.3 Å². The largest absolute Gasteiger partial charge is 0.358 e. The second-order valence-electron chi connectivity index (χ2n) is 6.17. The lowest BCUT2D eigenvalue weighted by atomic mass is 10.0. The number of allylic oxidation sites excluding steroid dienone is 4. The molecule has 2 aliphatic rings. The first-order valence-corrected chi connectivity index (χ1v) is 11.0. The number of aromatic nitrogens is 1. The quantitative estimate of drug-likeness (QED) is 0.574. The van der Waals surface area contributed by atoms with Crippen LogP contribution >= 0.6 is 11.3 Å². The van der Waals surface area contributed by atoms with E-state index < -0.39 is 10.1 Å². The zero-order valence-electron chi connectivity index (χ0n) is 14.5. The first-order chi connectivity index (χ1) is 13.1. The van der Waals surface area contributed by atoms with E-state index in [9.17, 15) is 8.42 Å². The molecule has 0 aliphatic heterocycles. The molecular weight excluding hydrogens is 380 g/mol. The summed E-state index contributed by atoms with van der Waals surface area (Å²) in [6.45, 7) is 0. The van der Waals surface area contributed by atoms with E-state index in [1.165, 1.54) is 23.5 Å². The minimum Gasteiger partial charge on any atom is -0.264 e. The van der Waals surface area contributed by atoms with E-state index in [0.29, 0.717) is 10.7 Å². The number of thiazole rings is 1. The van der Waals surface area contributed by atoms with Gasteiger partial charge in [-0.1, -0.05) is 53.7 Å². The Balaban J connectivity index is 1.75. The molecule has 0 saturated heterocycles. The van der Waals surface area contributed by atoms with E-state index in [2.05, 4.69) is 22.3 Å². The van der Waals surface area contributed by atoms with Crippen molar-refractivity contribution in [1.82, 2.24) is 4.98 Å². The molecule has 0 unspecified atom stereocenters. The summed E-state index contributed by atoms with van der Waals surface area (Å²) in [7, 11) is -3.98. The fourth-order valence-corrected chi connectivity index (χ4v) is 4.68. The summed E-state index contributed by atoms with van der Waals surface area (Å²) in [6.07, 6.45) is 14.0. The van der Waals surface area contributed by atoms with E-state index in [4.69, 9.17) is 4.28 Å². The fourth-order valence-electron chi connectivity index (χ4n) is 2.89. The third-order valence-electron chi connectivity index (χ3n) is 4.24. The van der Waals surface area contributed by atoms with Gasteiger partial charge in [0.25, 0.3) is 0 Å². The number of oxime groups is 1. The zero-order valence-corrected chi connectivity index (χ0v) is 16.2. The lowest BCUT2D eigenvalue weighted by Crippen LogP contribution is -2.23. The predicted molar refractivity (Wildman–Crippen MR) is 107 cm³/mol. The van der Waals surface area contributed by atoms with Crippen LogP contribution in [0.25, 0.3) is 12.2 Å². The maximum atomic E-state index is 12.4. The molecule has 0 saturated carbocycles. The Morgan fingerprint density at radius 3 is 2.56 bits per heavy atom. The molecule has 0 bridgehead atoms. The molecule has 0 radical (unpaired) electrons. The molecular formula is C20H18N2O3S2. The maximum Gasteiger partial charge on any atom is 0.358 e. The highest BCUT2D eigenvalue weighted by atomic mass is 32.2. The van der Waals surface area contributed by atoms with Gasteiger partial charge in [0.05, 0.1) is 9.88 Å². The van der Waals surface area contributed by atoms with Crippen molar-refractivity contribution in [2.75, 3.05) is 0 Å². The summed E-state index contributed by atoms with van der Waals surface area (Å²) < 4.78 is 31.0. The number of nitrogens with zero attached hydrogens (tertiary/aromatic N) is 2. The molecule has 1 heterocycles. The number of hydrogen-bond acceptors (Lipinski definition) is 6. The van der Waals surface area contributed by atoms with Gasteiger partial charge in [0.2, 0.25) is 0 Å². The van der Waals surface area contributed by atoms with Crippen molar-refractivity contribution in [3.05, 3.63) is 69.0 Å². The molecule has 1 aromatic carbocycles. The van der Waals surface area contributed by atoms with Crippen LogP contribution < -0.4 is 9.88 Å². The second kappa shape index (κ2) is 7.62. The molecule has 2 aromatic rings. The van der Waals surface area contributed by atoms with Crippen LogP contribution in [0.3, 0.4) is 0 Å². The topological polar surface area (TPSA) is 68.6 Å². The van der Waals surface area contributed by atoms with Gasteiger partial charge < -0.3 is 0 Å². The second-order valence-corrected chi connectivity index (χ2v) is 8.73. The minimum absolute atomic E-state index is 0.0707. The summed E-state index contributed by atoms with van der Waals surface area (Å²) in [5.74, 6) is 0. The van der Waals surface area contributed by atoms with Gasteiger partial charge in [-0.2, -0.15) is 8.42 Å². The van der Waals surface area contributed by atoms with E-state index in [-0.39, 0.29) is 4.90 Å². The van der Waals surface area contributed by atoms with Crippen molar-refractivity contribution >= 4 is 39.3 Å². The molecule has 138 valence electrons. The first kappa shape index (κ1) is 17.9. The van der Waals surface area contributed by atoms with E-state index in [0.717, 1.165) is 41.1 Å². The van der Waals surface area contributed by atoms with E-state index in [1.54, 1.807) is 18.2 Å². The Bertz CT molecular complexity index is 1120. The van der Waals surface area contributed by atoms with Gasteiger partial charge in [0.15, 0.2) is 0 Å². The standard InChI is InChI=1S/C20H18N2O3S2/c23-27(24,16-11-5-2-6-12-16)25-22-19(15-9-3-1-4-10-15)20-21-17-13-7-8-14-18(17)26-20/h2-3,5-6,9-14H,1,4,7-8H2/b22-19+. The number of hydrogen-bond donors (Lipinski definition) is 0. The van der Waals surface area contributed by atoms with Crippen LogP contribution in [0.15, 0.2) is 64.2 Å². The highest BCUT2D eigenvalue weighted by Gasteiger charge is 2.19. The van der Waals surface area contributed by atoms with E-state index in [1.807, 2.05) is 18.2 Å². The van der Waals surface area contributed by atoms with Crippen LogP contribution in [0.1, 0.15) is 30.7 Å². The smallest absolute Gasteiger partial charge is 0.264 e. The van der Waals surface area contributed by atoms with Crippen molar-refractivity contribution in [3.8, 4) is 0 Å². The summed E-state index contributed by atoms with van der Waals surface area (Å²) in [5.41, 5.74) is 1.28. The number of fused-ring (bicyclic) bond motifs is 1. The highest BCUT2D eigenvalue weighted by Crippen LogP contribution is 2.19. The lowest BCUT2D eigenvalue weighted by molar-refractivity contribution is 0.339. The molecule has 0 N–H and O–H groups in total. The maximum absolute atomic E-state index is 12.4. The first-order valence-electron chi connectivity index (χ1n) is 8.75. The fraction of sp³-hybridized carbons (Fsp3) is 0.200. The van der Waals surface area contributed by atoms with Crippen LogP contribution in [0, 0.1) is 0 Å². The van der Waals surface area contributed by atoms with Gasteiger partial charge in [0, 0.05) is 5.57 Å². The normalized spacial score (nSPS) is 16.7. The third kappa shape index (κ3) is 3.94. The highest BCUT2D eigenvalue weighted by molar-refractivity contribution is 7.86. The third-order valence-corrected chi connectivity index (χ3v) is 6.44. The summed E-state index contributed by atoms with van der Waals surface area (Å²) >= 11 is 1.51. The molecule has 0 spiro atoms. The molecule has 7 heteroatoms. The number of rotatable bonds is 5. The molecule has 1 aromatic heterocycles. The molecule has 0 fully saturated rings. The van der Waals surface area contributed by atoms with Gasteiger partial charge in [0.1, 0.15) is 15.6 Å². The van der Waals surface area contributed by atoms with E-state index >= 15 is 0 Å². The van der Waals surface area contributed by atoms with Crippen molar-refractivity contribution < 1.29 is 12.7 Å². The lowest BCUT2D eigenvalue weighted by Gasteiger charge is -2.08. The van der Waals surface area contributed by atoms with Gasteiger partial charge in [-0.25, -0.2) is 4.98 Å². The summed E-state index contributed by atoms with van der Waals surface area (Å²) in [5, 5.41) is 5.63.